The van der Waals surface area contributed by atoms with E-state index in [0.29, 0.717) is 16.5 Å². The van der Waals surface area contributed by atoms with Crippen LogP contribution in [0.4, 0.5) is 0 Å². The average molecular weight is 310 g/mol. The summed E-state index contributed by atoms with van der Waals surface area (Å²) in [6.07, 6.45) is 0.523. The Hall–Kier alpha value is -0.0500. The van der Waals surface area contributed by atoms with Crippen molar-refractivity contribution in [2.24, 2.45) is 0 Å². The van der Waals surface area contributed by atoms with E-state index in [9.17, 15) is 4.79 Å². The highest BCUT2D eigenvalue weighted by atomic mass is 79.9. The maximum Gasteiger partial charge on any atom is 0.143 e. The molecule has 0 aromatic heterocycles. The van der Waals surface area contributed by atoms with Crippen molar-refractivity contribution in [2.45, 2.75) is 25.1 Å². The Kier molecular flexibility index (Phi) is 4.63. The molecule has 15 heavy (non-hydrogen) atoms. The number of alkyl halides is 1. The minimum absolute atomic E-state index is 0.0728. The molecule has 1 nitrogen and oxygen atoms in total. The Morgan fingerprint density at radius 3 is 2.60 bits per heavy atom. The Balaban J connectivity index is 3.03. The molecule has 0 aliphatic carbocycles. The van der Waals surface area contributed by atoms with Gasteiger partial charge in [-0.25, -0.2) is 0 Å². The summed E-state index contributed by atoms with van der Waals surface area (Å²) in [5, 5.41) is 1.25. The molecule has 0 saturated carbocycles. The SMILES string of the molecule is CC(=O)C(Br)Cc1c(Cl)ccc(C)c1Cl. The standard InChI is InChI=1S/C11H11BrCl2O/c1-6-3-4-10(13)8(11(6)14)5-9(12)7(2)15/h3-4,9H,5H2,1-2H3. The van der Waals surface area contributed by atoms with Gasteiger partial charge >= 0.3 is 0 Å². The summed E-state index contributed by atoms with van der Waals surface area (Å²) in [5.41, 5.74) is 1.80. The maximum atomic E-state index is 11.1. The van der Waals surface area contributed by atoms with E-state index >= 15 is 0 Å². The molecule has 0 spiro atoms. The first kappa shape index (κ1) is 13.0. The van der Waals surface area contributed by atoms with Crippen LogP contribution in [0.1, 0.15) is 18.1 Å². The van der Waals surface area contributed by atoms with Crippen molar-refractivity contribution < 1.29 is 4.79 Å². The molecule has 1 aromatic rings. The van der Waals surface area contributed by atoms with Crippen LogP contribution in [-0.2, 0) is 11.2 Å². The van der Waals surface area contributed by atoms with Gasteiger partial charge in [-0.05, 0) is 37.5 Å². The lowest BCUT2D eigenvalue weighted by Gasteiger charge is -2.11. The normalized spacial score (nSPS) is 12.6. The van der Waals surface area contributed by atoms with Crippen LogP contribution < -0.4 is 0 Å². The van der Waals surface area contributed by atoms with Gasteiger partial charge in [0.25, 0.3) is 0 Å². The van der Waals surface area contributed by atoms with Crippen LogP contribution in [0.15, 0.2) is 12.1 Å². The monoisotopic (exact) mass is 308 g/mol. The predicted molar refractivity (Wildman–Crippen MR) is 68.3 cm³/mol. The van der Waals surface area contributed by atoms with Gasteiger partial charge in [0, 0.05) is 10.0 Å². The van der Waals surface area contributed by atoms with E-state index in [-0.39, 0.29) is 10.6 Å². The molecule has 0 amide bonds. The summed E-state index contributed by atoms with van der Waals surface area (Å²) >= 11 is 15.5. The Morgan fingerprint density at radius 2 is 2.07 bits per heavy atom. The van der Waals surface area contributed by atoms with Crippen molar-refractivity contribution in [3.8, 4) is 0 Å². The van der Waals surface area contributed by atoms with Crippen LogP contribution in [0.3, 0.4) is 0 Å². The Morgan fingerprint density at radius 1 is 1.47 bits per heavy atom. The van der Waals surface area contributed by atoms with Crippen molar-refractivity contribution in [2.75, 3.05) is 0 Å². The number of rotatable bonds is 3. The van der Waals surface area contributed by atoms with Crippen LogP contribution in [0.25, 0.3) is 0 Å². The van der Waals surface area contributed by atoms with Crippen LogP contribution in [0.5, 0.6) is 0 Å². The second kappa shape index (κ2) is 5.33. The second-order valence-corrected chi connectivity index (χ2v) is 5.33. The zero-order chi connectivity index (χ0) is 11.6. The fraction of sp³-hybridized carbons (Fsp3) is 0.364. The highest BCUT2D eigenvalue weighted by Crippen LogP contribution is 2.30. The van der Waals surface area contributed by atoms with E-state index < -0.39 is 0 Å². The largest absolute Gasteiger partial charge is 0.299 e. The number of halogens is 3. The summed E-state index contributed by atoms with van der Waals surface area (Å²) in [5.74, 6) is 0.0728. The fourth-order valence-corrected chi connectivity index (χ4v) is 2.07. The number of hydrogen-bond donors (Lipinski definition) is 0. The van der Waals surface area contributed by atoms with Crippen molar-refractivity contribution in [1.29, 1.82) is 0 Å². The number of Topliss-reactive ketones (excluding diaryl/α,β-unsaturated/α-hetero) is 1. The van der Waals surface area contributed by atoms with E-state index in [2.05, 4.69) is 15.9 Å². The zero-order valence-electron chi connectivity index (χ0n) is 8.48. The third-order valence-electron chi connectivity index (χ3n) is 2.20. The van der Waals surface area contributed by atoms with Crippen LogP contribution in [0.2, 0.25) is 10.0 Å². The molecule has 4 heteroatoms. The van der Waals surface area contributed by atoms with Gasteiger partial charge in [-0.15, -0.1) is 0 Å². The van der Waals surface area contributed by atoms with Gasteiger partial charge in [-0.2, -0.15) is 0 Å². The quantitative estimate of drug-likeness (QED) is 0.765. The van der Waals surface area contributed by atoms with Gasteiger partial charge in [0.05, 0.1) is 4.83 Å². The van der Waals surface area contributed by atoms with E-state index in [1.165, 1.54) is 6.92 Å². The van der Waals surface area contributed by atoms with Crippen LogP contribution in [0, 0.1) is 6.92 Å². The number of carbonyl (C=O) groups excluding carboxylic acids is 1. The molecule has 0 heterocycles. The lowest BCUT2D eigenvalue weighted by Crippen LogP contribution is -2.13. The van der Waals surface area contributed by atoms with Gasteiger partial charge in [-0.3, -0.25) is 4.79 Å². The first-order valence-electron chi connectivity index (χ1n) is 4.51. The van der Waals surface area contributed by atoms with Crippen molar-refractivity contribution >= 4 is 44.9 Å². The fourth-order valence-electron chi connectivity index (χ4n) is 1.22. The summed E-state index contributed by atoms with van der Waals surface area (Å²) in [6.45, 7) is 3.45. The van der Waals surface area contributed by atoms with E-state index in [4.69, 9.17) is 23.2 Å². The van der Waals surface area contributed by atoms with Gasteiger partial charge in [0.15, 0.2) is 0 Å². The van der Waals surface area contributed by atoms with E-state index in [1.54, 1.807) is 6.07 Å². The predicted octanol–water partition coefficient (Wildman–Crippen LogP) is 4.20. The molecule has 1 unspecified atom stereocenters. The van der Waals surface area contributed by atoms with Gasteiger partial charge in [0.2, 0.25) is 0 Å². The number of hydrogen-bond acceptors (Lipinski definition) is 1. The molecule has 0 aliphatic rings. The van der Waals surface area contributed by atoms with E-state index in [1.807, 2.05) is 13.0 Å². The maximum absolute atomic E-state index is 11.1. The molecule has 0 radical (unpaired) electrons. The average Bonchev–Trinajstić information content (AvgIpc) is 2.18. The van der Waals surface area contributed by atoms with Crippen LogP contribution >= 0.6 is 39.1 Å². The van der Waals surface area contributed by atoms with Gasteiger partial charge in [-0.1, -0.05) is 45.2 Å². The minimum atomic E-state index is -0.228. The van der Waals surface area contributed by atoms with Gasteiger partial charge in [0.1, 0.15) is 5.78 Å². The second-order valence-electron chi connectivity index (χ2n) is 3.44. The topological polar surface area (TPSA) is 17.1 Å². The summed E-state index contributed by atoms with van der Waals surface area (Å²) in [6, 6.07) is 3.67. The zero-order valence-corrected chi connectivity index (χ0v) is 11.6. The first-order chi connectivity index (χ1) is 6.93. The molecular weight excluding hydrogens is 299 g/mol. The molecule has 1 rings (SSSR count). The molecule has 0 fully saturated rings. The molecule has 0 saturated heterocycles. The molecule has 0 bridgehead atoms. The lowest BCUT2D eigenvalue weighted by molar-refractivity contribution is -0.116. The van der Waals surface area contributed by atoms with Crippen LogP contribution in [-0.4, -0.2) is 10.6 Å². The molecule has 0 aliphatic heterocycles. The molecule has 1 aromatic carbocycles. The summed E-state index contributed by atoms with van der Waals surface area (Å²) < 4.78 is 0. The third-order valence-corrected chi connectivity index (χ3v) is 4.05. The minimum Gasteiger partial charge on any atom is -0.299 e. The summed E-state index contributed by atoms with van der Waals surface area (Å²) in [7, 11) is 0. The molecule has 1 atom stereocenters. The number of ketones is 1. The first-order valence-corrected chi connectivity index (χ1v) is 6.18. The van der Waals surface area contributed by atoms with E-state index in [0.717, 1.165) is 11.1 Å². The third kappa shape index (κ3) is 3.20. The molecular formula is C11H11BrCl2O. The molecule has 82 valence electrons. The number of aryl methyl sites for hydroxylation is 1. The number of benzene rings is 1. The molecule has 0 N–H and O–H groups in total. The number of carbonyl (C=O) groups is 1. The smallest absolute Gasteiger partial charge is 0.143 e. The lowest BCUT2D eigenvalue weighted by atomic mass is 10.1. The Bertz CT molecular complexity index is 390. The summed E-state index contributed by atoms with van der Waals surface area (Å²) in [4.78, 5) is 10.9. The highest BCUT2D eigenvalue weighted by molar-refractivity contribution is 9.10. The van der Waals surface area contributed by atoms with Gasteiger partial charge < -0.3 is 0 Å². The van der Waals surface area contributed by atoms with Crippen molar-refractivity contribution in [3.05, 3.63) is 33.3 Å². The van der Waals surface area contributed by atoms with Crippen molar-refractivity contribution in [3.63, 3.8) is 0 Å². The Labute approximate surface area is 108 Å². The highest BCUT2D eigenvalue weighted by Gasteiger charge is 2.16. The van der Waals surface area contributed by atoms with Crippen molar-refractivity contribution in [1.82, 2.24) is 0 Å².